The maximum absolute atomic E-state index is 12.7. The molecule has 0 bridgehead atoms. The number of aryl methyl sites for hydroxylation is 2. The van der Waals surface area contributed by atoms with Gasteiger partial charge in [-0.15, -0.1) is 0 Å². The molecule has 134 valence electrons. The number of piperidine rings is 1. The zero-order chi connectivity index (χ0) is 17.8. The Morgan fingerprint density at radius 2 is 2.16 bits per heavy atom. The Morgan fingerprint density at radius 1 is 1.40 bits per heavy atom. The highest BCUT2D eigenvalue weighted by atomic mass is 16.2. The maximum Gasteiger partial charge on any atom is 0.223 e. The zero-order valence-corrected chi connectivity index (χ0v) is 15.2. The van der Waals surface area contributed by atoms with Crippen LogP contribution in [0, 0.1) is 13.8 Å². The van der Waals surface area contributed by atoms with Crippen LogP contribution in [0.3, 0.4) is 0 Å². The van der Waals surface area contributed by atoms with Gasteiger partial charge >= 0.3 is 0 Å². The lowest BCUT2D eigenvalue weighted by molar-refractivity contribution is -0.132. The first-order chi connectivity index (χ1) is 12.0. The fourth-order valence-corrected chi connectivity index (χ4v) is 3.74. The summed E-state index contributed by atoms with van der Waals surface area (Å²) in [5.41, 5.74) is 4.29. The minimum absolute atomic E-state index is 0.192. The van der Waals surface area contributed by atoms with Crippen LogP contribution in [0.4, 0.5) is 5.69 Å². The number of nitrogens with zero attached hydrogens (tertiary/aromatic N) is 3. The molecule has 1 atom stereocenters. The number of aromatic amines is 1. The van der Waals surface area contributed by atoms with Gasteiger partial charge in [0, 0.05) is 43.6 Å². The molecule has 1 amide bonds. The zero-order valence-electron chi connectivity index (χ0n) is 15.2. The van der Waals surface area contributed by atoms with Crippen LogP contribution < -0.4 is 5.32 Å². The molecule has 3 rings (SSSR count). The van der Waals surface area contributed by atoms with Gasteiger partial charge in [-0.3, -0.25) is 14.9 Å². The van der Waals surface area contributed by atoms with Crippen molar-refractivity contribution in [2.45, 2.75) is 52.0 Å². The molecule has 2 aromatic rings. The minimum atomic E-state index is 0.192. The number of nitrogens with one attached hydrogen (secondary N) is 2. The molecule has 0 radical (unpaired) electrons. The quantitative estimate of drug-likeness (QED) is 0.877. The highest BCUT2D eigenvalue weighted by molar-refractivity contribution is 5.77. The number of anilines is 1. The van der Waals surface area contributed by atoms with Crippen molar-refractivity contribution in [3.63, 3.8) is 0 Å². The molecule has 6 nitrogen and oxygen atoms in total. The Morgan fingerprint density at radius 3 is 2.76 bits per heavy atom. The van der Waals surface area contributed by atoms with Crippen LogP contribution in [0.25, 0.3) is 0 Å². The van der Waals surface area contributed by atoms with Crippen LogP contribution >= 0.6 is 0 Å². The van der Waals surface area contributed by atoms with Gasteiger partial charge in [0.2, 0.25) is 5.91 Å². The standard InChI is InChI=1S/C19H27N5O/c1-13(19-14(2)22-23-15(19)3)11-18(25)24-9-6-16(7-10-24)21-17-5-4-8-20-12-17/h4-5,8,12-13,16,21H,6-7,9-11H2,1-3H3,(H,22,23)/t13-/m1/s1. The third kappa shape index (κ3) is 4.18. The molecule has 0 saturated carbocycles. The van der Waals surface area contributed by atoms with Gasteiger partial charge < -0.3 is 10.2 Å². The first kappa shape index (κ1) is 17.5. The van der Waals surface area contributed by atoms with E-state index in [4.69, 9.17) is 0 Å². The van der Waals surface area contributed by atoms with E-state index >= 15 is 0 Å². The van der Waals surface area contributed by atoms with Crippen molar-refractivity contribution in [3.05, 3.63) is 41.5 Å². The van der Waals surface area contributed by atoms with Gasteiger partial charge in [0.1, 0.15) is 0 Å². The van der Waals surface area contributed by atoms with Gasteiger partial charge in [-0.2, -0.15) is 5.10 Å². The van der Waals surface area contributed by atoms with Gasteiger partial charge in [-0.05, 0) is 50.3 Å². The molecule has 2 N–H and O–H groups in total. The van der Waals surface area contributed by atoms with E-state index in [1.807, 2.05) is 37.1 Å². The molecule has 0 aliphatic carbocycles. The number of amides is 1. The third-order valence-corrected chi connectivity index (χ3v) is 5.04. The molecule has 1 aliphatic heterocycles. The molecule has 1 aliphatic rings. The summed E-state index contributed by atoms with van der Waals surface area (Å²) in [7, 11) is 0. The van der Waals surface area contributed by atoms with Gasteiger partial charge in [0.25, 0.3) is 0 Å². The number of carbonyl (C=O) groups is 1. The second kappa shape index (κ2) is 7.68. The molecule has 2 aromatic heterocycles. The number of hydrogen-bond donors (Lipinski definition) is 2. The Balaban J connectivity index is 1.50. The van der Waals surface area contributed by atoms with E-state index in [9.17, 15) is 4.79 Å². The summed E-state index contributed by atoms with van der Waals surface area (Å²) in [6.07, 6.45) is 6.10. The van der Waals surface area contributed by atoms with Crippen LogP contribution in [-0.2, 0) is 4.79 Å². The number of pyridine rings is 1. The van der Waals surface area contributed by atoms with Crippen molar-refractivity contribution < 1.29 is 4.79 Å². The van der Waals surface area contributed by atoms with E-state index in [0.29, 0.717) is 12.5 Å². The van der Waals surface area contributed by atoms with Crippen LogP contribution in [0.5, 0.6) is 0 Å². The molecule has 0 aromatic carbocycles. The third-order valence-electron chi connectivity index (χ3n) is 5.04. The maximum atomic E-state index is 12.7. The van der Waals surface area contributed by atoms with Crippen LogP contribution in [0.15, 0.2) is 24.5 Å². The largest absolute Gasteiger partial charge is 0.381 e. The fourth-order valence-electron chi connectivity index (χ4n) is 3.74. The van der Waals surface area contributed by atoms with E-state index in [1.165, 1.54) is 5.56 Å². The number of likely N-dealkylation sites (tertiary alicyclic amines) is 1. The molecule has 3 heterocycles. The summed E-state index contributed by atoms with van der Waals surface area (Å²) in [5.74, 6) is 0.435. The summed E-state index contributed by atoms with van der Waals surface area (Å²) < 4.78 is 0. The lowest BCUT2D eigenvalue weighted by Crippen LogP contribution is -2.42. The number of aromatic nitrogens is 3. The second-order valence-corrected chi connectivity index (χ2v) is 6.99. The van der Waals surface area contributed by atoms with Crippen LogP contribution in [-0.4, -0.2) is 45.1 Å². The number of rotatable bonds is 5. The summed E-state index contributed by atoms with van der Waals surface area (Å²) in [6, 6.07) is 4.37. The molecule has 0 spiro atoms. The van der Waals surface area contributed by atoms with E-state index in [2.05, 4.69) is 27.4 Å². The van der Waals surface area contributed by atoms with Crippen molar-refractivity contribution in [1.29, 1.82) is 0 Å². The smallest absolute Gasteiger partial charge is 0.223 e. The van der Waals surface area contributed by atoms with Gasteiger partial charge in [-0.25, -0.2) is 0 Å². The van der Waals surface area contributed by atoms with E-state index in [1.54, 1.807) is 6.20 Å². The Kier molecular flexibility index (Phi) is 5.36. The SMILES string of the molecule is Cc1n[nH]c(C)c1[C@H](C)CC(=O)N1CCC(Nc2cccnc2)CC1. The van der Waals surface area contributed by atoms with Crippen molar-refractivity contribution in [2.24, 2.45) is 0 Å². The molecule has 25 heavy (non-hydrogen) atoms. The summed E-state index contributed by atoms with van der Waals surface area (Å²) >= 11 is 0. The lowest BCUT2D eigenvalue weighted by Gasteiger charge is -2.33. The second-order valence-electron chi connectivity index (χ2n) is 6.99. The van der Waals surface area contributed by atoms with Crippen molar-refractivity contribution in [3.8, 4) is 0 Å². The summed E-state index contributed by atoms with van der Waals surface area (Å²) in [4.78, 5) is 18.8. The molecule has 1 saturated heterocycles. The van der Waals surface area contributed by atoms with E-state index in [0.717, 1.165) is 43.0 Å². The predicted molar refractivity (Wildman–Crippen MR) is 98.6 cm³/mol. The van der Waals surface area contributed by atoms with Gasteiger partial charge in [-0.1, -0.05) is 6.92 Å². The van der Waals surface area contributed by atoms with Crippen LogP contribution in [0.2, 0.25) is 0 Å². The lowest BCUT2D eigenvalue weighted by atomic mass is 9.94. The van der Waals surface area contributed by atoms with E-state index < -0.39 is 0 Å². The average Bonchev–Trinajstić information content (AvgIpc) is 2.95. The normalized spacial score (nSPS) is 16.7. The van der Waals surface area contributed by atoms with Crippen molar-refractivity contribution in [2.75, 3.05) is 18.4 Å². The fraction of sp³-hybridized carbons (Fsp3) is 0.526. The topological polar surface area (TPSA) is 73.9 Å². The first-order valence-electron chi connectivity index (χ1n) is 9.00. The van der Waals surface area contributed by atoms with E-state index in [-0.39, 0.29) is 11.8 Å². The van der Waals surface area contributed by atoms with Gasteiger partial charge in [0.15, 0.2) is 0 Å². The van der Waals surface area contributed by atoms with Crippen LogP contribution in [0.1, 0.15) is 49.1 Å². The van der Waals surface area contributed by atoms with Crippen molar-refractivity contribution in [1.82, 2.24) is 20.1 Å². The van der Waals surface area contributed by atoms with Gasteiger partial charge in [0.05, 0.1) is 11.4 Å². The van der Waals surface area contributed by atoms with Crippen molar-refractivity contribution >= 4 is 11.6 Å². The molecule has 1 fully saturated rings. The predicted octanol–water partition coefficient (Wildman–Crippen LogP) is 3.02. The number of hydrogen-bond acceptors (Lipinski definition) is 4. The minimum Gasteiger partial charge on any atom is -0.381 e. The Labute approximate surface area is 149 Å². The monoisotopic (exact) mass is 341 g/mol. The highest BCUT2D eigenvalue weighted by Gasteiger charge is 2.25. The first-order valence-corrected chi connectivity index (χ1v) is 9.00. The number of H-pyrrole nitrogens is 1. The molecular formula is C19H27N5O. The molecule has 6 heteroatoms. The Bertz CT molecular complexity index is 684. The summed E-state index contributed by atoms with van der Waals surface area (Å²) in [5, 5.41) is 10.8. The number of carbonyl (C=O) groups excluding carboxylic acids is 1. The highest BCUT2D eigenvalue weighted by Crippen LogP contribution is 2.26. The molecular weight excluding hydrogens is 314 g/mol. The summed E-state index contributed by atoms with van der Waals surface area (Å²) in [6.45, 7) is 7.75. The average molecular weight is 341 g/mol. The Hall–Kier alpha value is -2.37. The molecule has 0 unspecified atom stereocenters.